The molecule has 0 aliphatic rings. The fraction of sp³-hybridized carbons (Fsp3) is 0.125. The van der Waals surface area contributed by atoms with Crippen LogP contribution in [0.2, 0.25) is 0 Å². The van der Waals surface area contributed by atoms with Crippen LogP contribution in [0.3, 0.4) is 0 Å². The zero-order valence-electron chi connectivity index (χ0n) is 10.3. The lowest BCUT2D eigenvalue weighted by Gasteiger charge is -2.06. The fourth-order valence-electron chi connectivity index (χ4n) is 2.29. The van der Waals surface area contributed by atoms with E-state index >= 15 is 0 Å². The third kappa shape index (κ3) is 1.97. The number of nitrogens with one attached hydrogen (secondary N) is 1. The van der Waals surface area contributed by atoms with E-state index in [0.29, 0.717) is 5.75 Å². The van der Waals surface area contributed by atoms with Crippen molar-refractivity contribution in [1.29, 1.82) is 0 Å². The van der Waals surface area contributed by atoms with E-state index in [2.05, 4.69) is 29.2 Å². The minimum atomic E-state index is 0.370. The van der Waals surface area contributed by atoms with Crippen LogP contribution >= 0.6 is 0 Å². The molecule has 90 valence electrons. The summed E-state index contributed by atoms with van der Waals surface area (Å²) in [5.74, 6) is 0.370. The van der Waals surface area contributed by atoms with Crippen molar-refractivity contribution in [3.63, 3.8) is 0 Å². The highest BCUT2D eigenvalue weighted by molar-refractivity contribution is 5.80. The summed E-state index contributed by atoms with van der Waals surface area (Å²) in [5.41, 5.74) is 4.51. The summed E-state index contributed by atoms with van der Waals surface area (Å²) in [6, 6.07) is 14.1. The molecule has 0 fully saturated rings. The second-order valence-electron chi connectivity index (χ2n) is 4.71. The molecule has 0 amide bonds. The van der Waals surface area contributed by atoms with E-state index in [1.165, 1.54) is 16.5 Å². The summed E-state index contributed by atoms with van der Waals surface area (Å²) >= 11 is 0. The van der Waals surface area contributed by atoms with Crippen LogP contribution in [0.1, 0.15) is 16.7 Å². The highest BCUT2D eigenvalue weighted by atomic mass is 16.3. The third-order valence-corrected chi connectivity index (χ3v) is 3.25. The molecule has 0 aliphatic carbocycles. The lowest BCUT2D eigenvalue weighted by Crippen LogP contribution is -1.90. The van der Waals surface area contributed by atoms with Gasteiger partial charge in [0, 0.05) is 18.1 Å². The van der Waals surface area contributed by atoms with Crippen LogP contribution in [0.15, 0.2) is 48.7 Å². The number of H-pyrrole nitrogens is 1. The molecule has 0 unspecified atom stereocenters. The van der Waals surface area contributed by atoms with Crippen LogP contribution in [0.4, 0.5) is 0 Å². The van der Waals surface area contributed by atoms with Crippen molar-refractivity contribution in [1.82, 2.24) is 4.98 Å². The van der Waals surface area contributed by atoms with Gasteiger partial charge >= 0.3 is 0 Å². The summed E-state index contributed by atoms with van der Waals surface area (Å²) in [7, 11) is 0. The summed E-state index contributed by atoms with van der Waals surface area (Å²) in [6.45, 7) is 2.04. The molecule has 0 atom stereocenters. The van der Waals surface area contributed by atoms with Gasteiger partial charge < -0.3 is 10.1 Å². The Morgan fingerprint density at radius 2 is 1.94 bits per heavy atom. The Labute approximate surface area is 106 Å². The topological polar surface area (TPSA) is 36.0 Å². The minimum Gasteiger partial charge on any atom is -0.508 e. The van der Waals surface area contributed by atoms with E-state index in [-0.39, 0.29) is 0 Å². The predicted molar refractivity (Wildman–Crippen MR) is 73.9 cm³/mol. The first-order valence-corrected chi connectivity index (χ1v) is 6.07. The molecule has 0 bridgehead atoms. The zero-order valence-corrected chi connectivity index (χ0v) is 10.3. The van der Waals surface area contributed by atoms with Gasteiger partial charge in [0.1, 0.15) is 5.75 Å². The lowest BCUT2D eigenvalue weighted by atomic mass is 10.0. The van der Waals surface area contributed by atoms with E-state index in [4.69, 9.17) is 0 Å². The van der Waals surface area contributed by atoms with E-state index in [9.17, 15) is 5.11 Å². The molecule has 2 N–H and O–H groups in total. The van der Waals surface area contributed by atoms with Crippen LogP contribution in [-0.4, -0.2) is 10.1 Å². The van der Waals surface area contributed by atoms with Gasteiger partial charge in [-0.3, -0.25) is 0 Å². The molecule has 1 heterocycles. The van der Waals surface area contributed by atoms with Crippen molar-refractivity contribution in [2.45, 2.75) is 13.3 Å². The maximum absolute atomic E-state index is 9.86. The first-order valence-electron chi connectivity index (χ1n) is 6.07. The van der Waals surface area contributed by atoms with E-state index in [0.717, 1.165) is 17.5 Å². The molecule has 0 spiro atoms. The van der Waals surface area contributed by atoms with Crippen molar-refractivity contribution >= 4 is 10.9 Å². The molecule has 0 radical (unpaired) electrons. The van der Waals surface area contributed by atoms with Gasteiger partial charge in [0.05, 0.1) is 0 Å². The number of aromatic hydroxyl groups is 1. The number of phenolic OH excluding ortho intramolecular Hbond substituents is 1. The predicted octanol–water partition coefficient (Wildman–Crippen LogP) is 3.77. The van der Waals surface area contributed by atoms with Gasteiger partial charge in [-0.2, -0.15) is 0 Å². The lowest BCUT2D eigenvalue weighted by molar-refractivity contribution is 0.469. The standard InChI is InChI=1S/C16H15NO/c1-11-2-5-16(18)14(8-11)10-12-3-4-15-13(9-12)6-7-17-15/h2-9,17-18H,10H2,1H3. The van der Waals surface area contributed by atoms with Gasteiger partial charge in [-0.15, -0.1) is 0 Å². The average molecular weight is 237 g/mol. The van der Waals surface area contributed by atoms with Crippen LogP contribution in [0, 0.1) is 6.92 Å². The van der Waals surface area contributed by atoms with E-state index < -0.39 is 0 Å². The number of fused-ring (bicyclic) bond motifs is 1. The van der Waals surface area contributed by atoms with Gasteiger partial charge in [0.15, 0.2) is 0 Å². The van der Waals surface area contributed by atoms with Crippen molar-refractivity contribution in [3.05, 3.63) is 65.4 Å². The molecule has 0 aliphatic heterocycles. The number of rotatable bonds is 2. The highest BCUT2D eigenvalue weighted by Crippen LogP contribution is 2.23. The Balaban J connectivity index is 1.97. The largest absolute Gasteiger partial charge is 0.508 e. The molecule has 1 aromatic heterocycles. The number of phenols is 1. The number of aryl methyl sites for hydroxylation is 1. The maximum Gasteiger partial charge on any atom is 0.119 e. The smallest absolute Gasteiger partial charge is 0.119 e. The molecule has 2 nitrogen and oxygen atoms in total. The van der Waals surface area contributed by atoms with Crippen LogP contribution in [0.5, 0.6) is 5.75 Å². The molecular formula is C16H15NO. The van der Waals surface area contributed by atoms with Crippen LogP contribution in [0.25, 0.3) is 10.9 Å². The van der Waals surface area contributed by atoms with Crippen LogP contribution in [-0.2, 0) is 6.42 Å². The van der Waals surface area contributed by atoms with Gasteiger partial charge in [-0.05, 0) is 47.7 Å². The quantitative estimate of drug-likeness (QED) is 0.699. The van der Waals surface area contributed by atoms with Crippen molar-refractivity contribution < 1.29 is 5.11 Å². The van der Waals surface area contributed by atoms with Crippen LogP contribution < -0.4 is 0 Å². The second kappa shape index (κ2) is 4.22. The van der Waals surface area contributed by atoms with Gasteiger partial charge in [-0.25, -0.2) is 0 Å². The second-order valence-corrected chi connectivity index (χ2v) is 4.71. The Kier molecular flexibility index (Phi) is 2.56. The number of aromatic amines is 1. The monoisotopic (exact) mass is 237 g/mol. The molecule has 0 saturated heterocycles. The fourth-order valence-corrected chi connectivity index (χ4v) is 2.29. The minimum absolute atomic E-state index is 0.370. The Bertz CT molecular complexity index is 697. The molecule has 3 aromatic rings. The Hall–Kier alpha value is -2.22. The molecule has 3 rings (SSSR count). The number of aromatic nitrogens is 1. The van der Waals surface area contributed by atoms with E-state index in [1.54, 1.807) is 6.07 Å². The number of hydrogen-bond acceptors (Lipinski definition) is 1. The average Bonchev–Trinajstić information content (AvgIpc) is 2.81. The van der Waals surface area contributed by atoms with Crippen molar-refractivity contribution in [3.8, 4) is 5.75 Å². The summed E-state index contributed by atoms with van der Waals surface area (Å²) in [4.78, 5) is 3.18. The summed E-state index contributed by atoms with van der Waals surface area (Å²) < 4.78 is 0. The maximum atomic E-state index is 9.86. The molecular weight excluding hydrogens is 222 g/mol. The van der Waals surface area contributed by atoms with Gasteiger partial charge in [0.25, 0.3) is 0 Å². The summed E-state index contributed by atoms with van der Waals surface area (Å²) in [6.07, 6.45) is 2.70. The van der Waals surface area contributed by atoms with Crippen molar-refractivity contribution in [2.24, 2.45) is 0 Å². The van der Waals surface area contributed by atoms with Gasteiger partial charge in [0.2, 0.25) is 0 Å². The first kappa shape index (κ1) is 10.9. The van der Waals surface area contributed by atoms with E-state index in [1.807, 2.05) is 25.3 Å². The molecule has 18 heavy (non-hydrogen) atoms. The van der Waals surface area contributed by atoms with Crippen molar-refractivity contribution in [2.75, 3.05) is 0 Å². The first-order chi connectivity index (χ1) is 8.72. The molecule has 0 saturated carbocycles. The number of hydrogen-bond donors (Lipinski definition) is 2. The number of benzene rings is 2. The normalized spacial score (nSPS) is 10.9. The zero-order chi connectivity index (χ0) is 12.5. The third-order valence-electron chi connectivity index (χ3n) is 3.25. The molecule has 2 aromatic carbocycles. The Morgan fingerprint density at radius 1 is 1.06 bits per heavy atom. The highest BCUT2D eigenvalue weighted by Gasteiger charge is 2.04. The Morgan fingerprint density at radius 3 is 2.83 bits per heavy atom. The summed E-state index contributed by atoms with van der Waals surface area (Å²) in [5, 5.41) is 11.1. The van der Waals surface area contributed by atoms with Gasteiger partial charge in [-0.1, -0.05) is 23.8 Å². The molecule has 2 heteroatoms. The SMILES string of the molecule is Cc1ccc(O)c(Cc2ccc3[nH]ccc3c2)c1.